The summed E-state index contributed by atoms with van der Waals surface area (Å²) in [5, 5.41) is 2.79. The first-order valence-electron chi connectivity index (χ1n) is 7.10. The molecule has 0 spiro atoms. The first-order valence-corrected chi connectivity index (χ1v) is 7.89. The van der Waals surface area contributed by atoms with Crippen LogP contribution in [-0.2, 0) is 16.6 Å². The van der Waals surface area contributed by atoms with Crippen molar-refractivity contribution in [3.05, 3.63) is 63.9 Å². The number of amides is 1. The summed E-state index contributed by atoms with van der Waals surface area (Å²) in [6.07, 6.45) is 0.00625. The van der Waals surface area contributed by atoms with E-state index in [0.29, 0.717) is 11.3 Å². The van der Waals surface area contributed by atoms with Crippen molar-refractivity contribution in [1.29, 1.82) is 0 Å². The molecular formula is C18H19BrFNO. The van der Waals surface area contributed by atoms with Gasteiger partial charge < -0.3 is 5.32 Å². The van der Waals surface area contributed by atoms with Crippen LogP contribution in [0.15, 0.2) is 46.9 Å². The fourth-order valence-electron chi connectivity index (χ4n) is 2.11. The number of anilines is 1. The van der Waals surface area contributed by atoms with Crippen molar-refractivity contribution < 1.29 is 9.18 Å². The highest BCUT2D eigenvalue weighted by Gasteiger charge is 2.13. The summed E-state index contributed by atoms with van der Waals surface area (Å²) in [4.78, 5) is 12.0. The molecule has 2 aromatic carbocycles. The number of halogens is 2. The van der Waals surface area contributed by atoms with Crippen LogP contribution in [0.4, 0.5) is 10.1 Å². The Morgan fingerprint density at radius 2 is 1.77 bits per heavy atom. The van der Waals surface area contributed by atoms with Crippen molar-refractivity contribution >= 4 is 27.5 Å². The fourth-order valence-corrected chi connectivity index (χ4v) is 2.52. The molecule has 0 heterocycles. The van der Waals surface area contributed by atoms with E-state index >= 15 is 0 Å². The molecule has 0 fully saturated rings. The standard InChI is InChI=1S/C18H19BrFNO/c1-18(2,3)13-4-7-15(8-5-13)21-17(22)11-12-10-14(19)6-9-16(12)20/h4-10H,11H2,1-3H3,(H,21,22). The molecule has 0 saturated heterocycles. The molecule has 0 radical (unpaired) electrons. The first kappa shape index (κ1) is 16.7. The fraction of sp³-hybridized carbons (Fsp3) is 0.278. The van der Waals surface area contributed by atoms with Crippen molar-refractivity contribution in [2.75, 3.05) is 5.32 Å². The van der Waals surface area contributed by atoms with Crippen LogP contribution < -0.4 is 5.32 Å². The molecule has 4 heteroatoms. The lowest BCUT2D eigenvalue weighted by atomic mass is 9.87. The quantitative estimate of drug-likeness (QED) is 0.810. The van der Waals surface area contributed by atoms with Crippen LogP contribution in [0.25, 0.3) is 0 Å². The Morgan fingerprint density at radius 1 is 1.14 bits per heavy atom. The summed E-state index contributed by atoms with van der Waals surface area (Å²) in [6.45, 7) is 6.41. The van der Waals surface area contributed by atoms with E-state index in [1.165, 1.54) is 11.6 Å². The van der Waals surface area contributed by atoms with Crippen LogP contribution in [0.2, 0.25) is 0 Å². The van der Waals surface area contributed by atoms with Crippen LogP contribution in [0.5, 0.6) is 0 Å². The minimum absolute atomic E-state index is 0.00625. The van der Waals surface area contributed by atoms with E-state index in [1.807, 2.05) is 24.3 Å². The highest BCUT2D eigenvalue weighted by atomic mass is 79.9. The van der Waals surface area contributed by atoms with Gasteiger partial charge in [0.15, 0.2) is 0 Å². The Labute approximate surface area is 138 Å². The molecule has 1 amide bonds. The molecule has 116 valence electrons. The van der Waals surface area contributed by atoms with Gasteiger partial charge in [-0.25, -0.2) is 4.39 Å². The van der Waals surface area contributed by atoms with Gasteiger partial charge in [-0.15, -0.1) is 0 Å². The van der Waals surface area contributed by atoms with Crippen molar-refractivity contribution in [2.45, 2.75) is 32.6 Å². The molecule has 2 rings (SSSR count). The first-order chi connectivity index (χ1) is 10.3. The second kappa shape index (κ2) is 6.61. The number of carbonyl (C=O) groups excluding carboxylic acids is 1. The smallest absolute Gasteiger partial charge is 0.228 e. The third kappa shape index (κ3) is 4.41. The molecule has 0 aliphatic rings. The predicted molar refractivity (Wildman–Crippen MR) is 91.6 cm³/mol. The highest BCUT2D eigenvalue weighted by molar-refractivity contribution is 9.10. The van der Waals surface area contributed by atoms with Gasteiger partial charge in [-0.2, -0.15) is 0 Å². The normalized spacial score (nSPS) is 11.3. The van der Waals surface area contributed by atoms with Crippen LogP contribution in [-0.4, -0.2) is 5.91 Å². The van der Waals surface area contributed by atoms with E-state index in [0.717, 1.165) is 4.47 Å². The van der Waals surface area contributed by atoms with Gasteiger partial charge in [0.05, 0.1) is 6.42 Å². The van der Waals surface area contributed by atoms with Gasteiger partial charge in [0.1, 0.15) is 5.82 Å². The van der Waals surface area contributed by atoms with Gasteiger partial charge in [-0.05, 0) is 46.9 Å². The zero-order chi connectivity index (χ0) is 16.3. The Balaban J connectivity index is 2.04. The maximum absolute atomic E-state index is 13.7. The summed E-state index contributed by atoms with van der Waals surface area (Å²) in [7, 11) is 0. The summed E-state index contributed by atoms with van der Waals surface area (Å²) < 4.78 is 14.4. The number of rotatable bonds is 3. The van der Waals surface area contributed by atoms with Crippen molar-refractivity contribution in [3.63, 3.8) is 0 Å². The average molecular weight is 364 g/mol. The van der Waals surface area contributed by atoms with E-state index < -0.39 is 0 Å². The molecule has 0 aliphatic heterocycles. The Hall–Kier alpha value is -1.68. The summed E-state index contributed by atoms with van der Waals surface area (Å²) >= 11 is 3.28. The molecule has 0 aromatic heterocycles. The molecule has 0 aliphatic carbocycles. The SMILES string of the molecule is CC(C)(C)c1ccc(NC(=O)Cc2cc(Br)ccc2F)cc1. The summed E-state index contributed by atoms with van der Waals surface area (Å²) in [6, 6.07) is 12.3. The van der Waals surface area contributed by atoms with Crippen molar-refractivity contribution in [2.24, 2.45) is 0 Å². The number of carbonyl (C=O) groups is 1. The van der Waals surface area contributed by atoms with Gasteiger partial charge in [0.2, 0.25) is 5.91 Å². The summed E-state index contributed by atoms with van der Waals surface area (Å²) in [5.41, 5.74) is 2.36. The molecule has 2 aromatic rings. The summed E-state index contributed by atoms with van der Waals surface area (Å²) in [5.74, 6) is -0.609. The third-order valence-corrected chi connectivity index (χ3v) is 3.89. The van der Waals surface area contributed by atoms with Crippen LogP contribution in [0.1, 0.15) is 31.9 Å². The van der Waals surface area contributed by atoms with E-state index in [2.05, 4.69) is 42.0 Å². The molecule has 0 saturated carbocycles. The Kier molecular flexibility index (Phi) is 5.01. The number of benzene rings is 2. The lowest BCUT2D eigenvalue weighted by Crippen LogP contribution is -2.16. The third-order valence-electron chi connectivity index (χ3n) is 3.39. The average Bonchev–Trinajstić information content (AvgIpc) is 2.42. The van der Waals surface area contributed by atoms with E-state index in [4.69, 9.17) is 0 Å². The number of nitrogens with one attached hydrogen (secondary N) is 1. The number of hydrogen-bond acceptors (Lipinski definition) is 1. The van der Waals surface area contributed by atoms with E-state index in [1.54, 1.807) is 12.1 Å². The maximum Gasteiger partial charge on any atom is 0.228 e. The molecule has 22 heavy (non-hydrogen) atoms. The van der Waals surface area contributed by atoms with E-state index in [-0.39, 0.29) is 23.6 Å². The highest BCUT2D eigenvalue weighted by Crippen LogP contribution is 2.23. The van der Waals surface area contributed by atoms with Gasteiger partial charge in [-0.1, -0.05) is 48.8 Å². The van der Waals surface area contributed by atoms with Crippen molar-refractivity contribution in [1.82, 2.24) is 0 Å². The van der Waals surface area contributed by atoms with Crippen LogP contribution in [0, 0.1) is 5.82 Å². The lowest BCUT2D eigenvalue weighted by molar-refractivity contribution is -0.115. The van der Waals surface area contributed by atoms with Gasteiger partial charge in [0.25, 0.3) is 0 Å². The van der Waals surface area contributed by atoms with Gasteiger partial charge in [-0.3, -0.25) is 4.79 Å². The minimum atomic E-state index is -0.374. The van der Waals surface area contributed by atoms with Crippen LogP contribution >= 0.6 is 15.9 Å². The number of hydrogen-bond donors (Lipinski definition) is 1. The molecular weight excluding hydrogens is 345 g/mol. The zero-order valence-electron chi connectivity index (χ0n) is 12.9. The monoisotopic (exact) mass is 363 g/mol. The zero-order valence-corrected chi connectivity index (χ0v) is 14.5. The van der Waals surface area contributed by atoms with Gasteiger partial charge in [0, 0.05) is 10.2 Å². The van der Waals surface area contributed by atoms with E-state index in [9.17, 15) is 9.18 Å². The largest absolute Gasteiger partial charge is 0.326 e. The molecule has 0 bridgehead atoms. The van der Waals surface area contributed by atoms with Crippen LogP contribution in [0.3, 0.4) is 0 Å². The molecule has 1 N–H and O–H groups in total. The second-order valence-corrected chi connectivity index (χ2v) is 7.20. The molecule has 0 atom stereocenters. The second-order valence-electron chi connectivity index (χ2n) is 6.29. The maximum atomic E-state index is 13.7. The van der Waals surface area contributed by atoms with Crippen molar-refractivity contribution in [3.8, 4) is 0 Å². The topological polar surface area (TPSA) is 29.1 Å². The Morgan fingerprint density at radius 3 is 2.36 bits per heavy atom. The molecule has 0 unspecified atom stereocenters. The Bertz CT molecular complexity index is 674. The molecule has 2 nitrogen and oxygen atoms in total. The lowest BCUT2D eigenvalue weighted by Gasteiger charge is -2.19. The minimum Gasteiger partial charge on any atom is -0.326 e. The van der Waals surface area contributed by atoms with Gasteiger partial charge >= 0.3 is 0 Å². The predicted octanol–water partition coefficient (Wildman–Crippen LogP) is 5.07.